The Bertz CT molecular complexity index is 1050. The molecule has 0 radical (unpaired) electrons. The van der Waals surface area contributed by atoms with Crippen LogP contribution in [0.25, 0.3) is 0 Å². The van der Waals surface area contributed by atoms with Gasteiger partial charge in [-0.2, -0.15) is 0 Å². The van der Waals surface area contributed by atoms with Crippen molar-refractivity contribution >= 4 is 29.3 Å². The lowest BCUT2D eigenvalue weighted by Gasteiger charge is -2.35. The highest BCUT2D eigenvalue weighted by Crippen LogP contribution is 2.34. The van der Waals surface area contributed by atoms with Gasteiger partial charge in [0.25, 0.3) is 0 Å². The van der Waals surface area contributed by atoms with E-state index in [1.807, 2.05) is 18.2 Å². The van der Waals surface area contributed by atoms with Gasteiger partial charge in [-0.25, -0.2) is 14.6 Å². The minimum absolute atomic E-state index is 0.255. The van der Waals surface area contributed by atoms with Gasteiger partial charge in [0.15, 0.2) is 0 Å². The molecular formula is C21H19ClN4O3. The number of imidazole rings is 1. The Morgan fingerprint density at radius 2 is 2.03 bits per heavy atom. The van der Waals surface area contributed by atoms with Crippen molar-refractivity contribution in [2.75, 3.05) is 19.0 Å². The summed E-state index contributed by atoms with van der Waals surface area (Å²) >= 11 is 6.19. The van der Waals surface area contributed by atoms with Gasteiger partial charge in [0.1, 0.15) is 6.04 Å². The van der Waals surface area contributed by atoms with Crippen LogP contribution in [0.4, 0.5) is 10.5 Å². The Morgan fingerprint density at radius 1 is 1.24 bits per heavy atom. The van der Waals surface area contributed by atoms with Crippen molar-refractivity contribution in [1.29, 1.82) is 0 Å². The third-order valence-electron chi connectivity index (χ3n) is 4.91. The molecule has 1 aliphatic heterocycles. The number of carbonyl (C=O) groups is 2. The van der Waals surface area contributed by atoms with Gasteiger partial charge in [-0.1, -0.05) is 23.7 Å². The van der Waals surface area contributed by atoms with E-state index < -0.39 is 5.97 Å². The highest BCUT2D eigenvalue weighted by atomic mass is 35.5. The van der Waals surface area contributed by atoms with Crippen molar-refractivity contribution in [3.05, 3.63) is 82.4 Å². The standard InChI is InChI=1S/C21H19ClN4O3/c1-29-20(27)13-5-7-16(8-6-13)25-21(28)26-10-9-17-18(24-12-23-17)19(26)14-3-2-4-15(22)11-14/h2-8,11-12,19H,9-10H2,1H3,(H,23,24)(H,25,28)/t19-/m0/s1. The maximum atomic E-state index is 13.1. The molecule has 0 bridgehead atoms. The summed E-state index contributed by atoms with van der Waals surface area (Å²) < 4.78 is 4.70. The zero-order chi connectivity index (χ0) is 20.4. The van der Waals surface area contributed by atoms with E-state index in [1.165, 1.54) is 7.11 Å². The summed E-state index contributed by atoms with van der Waals surface area (Å²) in [6.07, 6.45) is 2.33. The number of ether oxygens (including phenoxy) is 1. The SMILES string of the molecule is COC(=O)c1ccc(NC(=O)N2CCc3[nH]cnc3[C@@H]2c2cccc(Cl)c2)cc1. The van der Waals surface area contributed by atoms with Crippen LogP contribution < -0.4 is 5.32 Å². The van der Waals surface area contributed by atoms with Crippen molar-refractivity contribution in [3.63, 3.8) is 0 Å². The summed E-state index contributed by atoms with van der Waals surface area (Å²) in [6, 6.07) is 13.4. The number of nitrogens with one attached hydrogen (secondary N) is 2. The number of benzene rings is 2. The lowest BCUT2D eigenvalue weighted by Crippen LogP contribution is -2.43. The second-order valence-electron chi connectivity index (χ2n) is 6.67. The average Bonchev–Trinajstić information content (AvgIpc) is 3.21. The van der Waals surface area contributed by atoms with E-state index >= 15 is 0 Å². The molecule has 1 aromatic heterocycles. The fraction of sp³-hybridized carbons (Fsp3) is 0.190. The quantitative estimate of drug-likeness (QED) is 0.638. The molecule has 8 heteroatoms. The highest BCUT2D eigenvalue weighted by molar-refractivity contribution is 6.30. The summed E-state index contributed by atoms with van der Waals surface area (Å²) in [4.78, 5) is 34.0. The van der Waals surface area contributed by atoms with Crippen LogP contribution in [0.3, 0.4) is 0 Å². The number of methoxy groups -OCH3 is 1. The molecule has 0 saturated heterocycles. The number of rotatable bonds is 3. The predicted octanol–water partition coefficient (Wildman–Crippen LogP) is 4.03. The second-order valence-corrected chi connectivity index (χ2v) is 7.10. The first-order valence-electron chi connectivity index (χ1n) is 9.10. The zero-order valence-electron chi connectivity index (χ0n) is 15.7. The van der Waals surface area contributed by atoms with Gasteiger partial charge < -0.3 is 19.9 Å². The number of hydrogen-bond donors (Lipinski definition) is 2. The Morgan fingerprint density at radius 3 is 2.76 bits per heavy atom. The van der Waals surface area contributed by atoms with Gasteiger partial charge >= 0.3 is 12.0 Å². The monoisotopic (exact) mass is 410 g/mol. The minimum Gasteiger partial charge on any atom is -0.465 e. The lowest BCUT2D eigenvalue weighted by atomic mass is 9.96. The van der Waals surface area contributed by atoms with Gasteiger partial charge in [0.05, 0.1) is 24.7 Å². The first kappa shape index (κ1) is 19.0. The third-order valence-corrected chi connectivity index (χ3v) is 5.14. The molecule has 0 unspecified atom stereocenters. The van der Waals surface area contributed by atoms with Gasteiger partial charge in [0.2, 0.25) is 0 Å². The topological polar surface area (TPSA) is 87.3 Å². The number of halogens is 1. The molecule has 0 saturated carbocycles. The molecule has 7 nitrogen and oxygen atoms in total. The number of aromatic nitrogens is 2. The molecule has 29 heavy (non-hydrogen) atoms. The van der Waals surface area contributed by atoms with Crippen LogP contribution in [0.2, 0.25) is 5.02 Å². The molecule has 0 spiro atoms. The predicted molar refractivity (Wildman–Crippen MR) is 109 cm³/mol. The van der Waals surface area contributed by atoms with Crippen molar-refractivity contribution in [1.82, 2.24) is 14.9 Å². The van der Waals surface area contributed by atoms with E-state index in [4.69, 9.17) is 16.3 Å². The zero-order valence-corrected chi connectivity index (χ0v) is 16.4. The van der Waals surface area contributed by atoms with Crippen molar-refractivity contribution < 1.29 is 14.3 Å². The number of fused-ring (bicyclic) bond motifs is 1. The molecule has 148 valence electrons. The summed E-state index contributed by atoms with van der Waals surface area (Å²) in [5.41, 5.74) is 3.72. The summed E-state index contributed by atoms with van der Waals surface area (Å²) in [7, 11) is 1.33. The molecule has 3 aromatic rings. The number of nitrogens with zero attached hydrogens (tertiary/aromatic N) is 2. The van der Waals surface area contributed by atoms with Crippen LogP contribution in [-0.4, -0.2) is 40.5 Å². The van der Waals surface area contributed by atoms with Crippen LogP contribution in [0.5, 0.6) is 0 Å². The third kappa shape index (κ3) is 3.82. The number of amides is 2. The molecular weight excluding hydrogens is 392 g/mol. The molecule has 2 aromatic carbocycles. The number of aromatic amines is 1. The Hall–Kier alpha value is -3.32. The average molecular weight is 411 g/mol. The van der Waals surface area contributed by atoms with Crippen LogP contribution in [0.1, 0.15) is 33.4 Å². The van der Waals surface area contributed by atoms with Crippen LogP contribution >= 0.6 is 11.6 Å². The highest BCUT2D eigenvalue weighted by Gasteiger charge is 2.34. The molecule has 2 N–H and O–H groups in total. The van der Waals surface area contributed by atoms with E-state index in [9.17, 15) is 9.59 Å². The number of anilines is 1. The fourth-order valence-electron chi connectivity index (χ4n) is 3.51. The van der Waals surface area contributed by atoms with Gasteiger partial charge in [0, 0.05) is 29.4 Å². The van der Waals surface area contributed by atoms with Crippen LogP contribution in [0, 0.1) is 0 Å². The number of hydrogen-bond acceptors (Lipinski definition) is 4. The van der Waals surface area contributed by atoms with Crippen molar-refractivity contribution in [2.45, 2.75) is 12.5 Å². The Kier molecular flexibility index (Phi) is 5.22. The number of H-pyrrole nitrogens is 1. The molecule has 1 aliphatic rings. The van der Waals surface area contributed by atoms with Gasteiger partial charge in [-0.05, 0) is 42.0 Å². The summed E-state index contributed by atoms with van der Waals surface area (Å²) in [6.45, 7) is 0.526. The number of esters is 1. The molecule has 2 amide bonds. The fourth-order valence-corrected chi connectivity index (χ4v) is 3.71. The normalized spacial score (nSPS) is 15.5. The molecule has 0 fully saturated rings. The van der Waals surface area contributed by atoms with E-state index in [-0.39, 0.29) is 12.1 Å². The van der Waals surface area contributed by atoms with E-state index in [2.05, 4.69) is 15.3 Å². The minimum atomic E-state index is -0.425. The van der Waals surface area contributed by atoms with Crippen molar-refractivity contribution in [2.24, 2.45) is 0 Å². The molecule has 4 rings (SSSR count). The van der Waals surface area contributed by atoms with E-state index in [0.717, 1.165) is 17.0 Å². The summed E-state index contributed by atoms with van der Waals surface area (Å²) in [5, 5.41) is 3.50. The number of urea groups is 1. The van der Waals surface area contributed by atoms with Crippen LogP contribution in [0.15, 0.2) is 54.9 Å². The van der Waals surface area contributed by atoms with Gasteiger partial charge in [-0.3, -0.25) is 0 Å². The molecule has 1 atom stereocenters. The first-order valence-corrected chi connectivity index (χ1v) is 9.48. The largest absolute Gasteiger partial charge is 0.465 e. The van der Waals surface area contributed by atoms with Crippen molar-refractivity contribution in [3.8, 4) is 0 Å². The molecule has 0 aliphatic carbocycles. The smallest absolute Gasteiger partial charge is 0.337 e. The van der Waals surface area contributed by atoms with E-state index in [0.29, 0.717) is 29.2 Å². The Balaban J connectivity index is 1.60. The maximum Gasteiger partial charge on any atom is 0.337 e. The van der Waals surface area contributed by atoms with E-state index in [1.54, 1.807) is 41.6 Å². The van der Waals surface area contributed by atoms with Crippen LogP contribution in [-0.2, 0) is 11.2 Å². The van der Waals surface area contributed by atoms with Gasteiger partial charge in [-0.15, -0.1) is 0 Å². The summed E-state index contributed by atoms with van der Waals surface area (Å²) in [5.74, 6) is -0.425. The molecule has 2 heterocycles. The Labute approximate surface area is 172 Å². The first-order chi connectivity index (χ1) is 14.1. The number of carbonyl (C=O) groups excluding carboxylic acids is 2. The lowest BCUT2D eigenvalue weighted by molar-refractivity contribution is 0.0600. The maximum absolute atomic E-state index is 13.1. The second kappa shape index (κ2) is 7.97.